The van der Waals surface area contributed by atoms with Gasteiger partial charge in [0.15, 0.2) is 0 Å². The number of aryl methyl sites for hydroxylation is 2. The Kier molecular flexibility index (Phi) is 4.52. The molecular weight excluding hydrogens is 226 g/mol. The Morgan fingerprint density at radius 2 is 1.94 bits per heavy atom. The molecule has 0 aliphatic heterocycles. The SMILES string of the molecule is Cc1ccc(C)c(CC(=O)N(C)CC(C)(C)O)c1. The van der Waals surface area contributed by atoms with Gasteiger partial charge in [-0.25, -0.2) is 0 Å². The summed E-state index contributed by atoms with van der Waals surface area (Å²) in [4.78, 5) is 13.7. The normalized spacial score (nSPS) is 11.4. The van der Waals surface area contributed by atoms with Crippen LogP contribution in [0.25, 0.3) is 0 Å². The largest absolute Gasteiger partial charge is 0.389 e. The van der Waals surface area contributed by atoms with Gasteiger partial charge in [-0.2, -0.15) is 0 Å². The Bertz CT molecular complexity index is 433. The Labute approximate surface area is 109 Å². The second-order valence-corrected chi connectivity index (χ2v) is 5.67. The lowest BCUT2D eigenvalue weighted by Crippen LogP contribution is -2.40. The highest BCUT2D eigenvalue weighted by Crippen LogP contribution is 2.13. The molecule has 1 rings (SSSR count). The predicted octanol–water partition coefficient (Wildman–Crippen LogP) is 2.08. The minimum absolute atomic E-state index is 0.0332. The molecule has 100 valence electrons. The third kappa shape index (κ3) is 4.49. The quantitative estimate of drug-likeness (QED) is 0.887. The van der Waals surface area contributed by atoms with Crippen molar-refractivity contribution in [3.8, 4) is 0 Å². The fourth-order valence-electron chi connectivity index (χ4n) is 1.96. The van der Waals surface area contributed by atoms with Gasteiger partial charge in [0, 0.05) is 13.6 Å². The van der Waals surface area contributed by atoms with Crippen LogP contribution < -0.4 is 0 Å². The van der Waals surface area contributed by atoms with Gasteiger partial charge in [0.25, 0.3) is 0 Å². The molecule has 1 N–H and O–H groups in total. The van der Waals surface area contributed by atoms with Crippen LogP contribution in [0.15, 0.2) is 18.2 Å². The molecule has 0 saturated carbocycles. The molecule has 0 fully saturated rings. The molecule has 0 unspecified atom stereocenters. The lowest BCUT2D eigenvalue weighted by atomic mass is 10.0. The number of carbonyl (C=O) groups excluding carboxylic acids is 1. The summed E-state index contributed by atoms with van der Waals surface area (Å²) in [5, 5.41) is 9.71. The fraction of sp³-hybridized carbons (Fsp3) is 0.533. The molecule has 1 amide bonds. The number of hydrogen-bond donors (Lipinski definition) is 1. The van der Waals surface area contributed by atoms with E-state index in [1.807, 2.05) is 32.0 Å². The van der Waals surface area contributed by atoms with E-state index < -0.39 is 5.60 Å². The first-order valence-corrected chi connectivity index (χ1v) is 6.21. The molecule has 1 aromatic carbocycles. The number of carbonyl (C=O) groups is 1. The maximum atomic E-state index is 12.1. The summed E-state index contributed by atoms with van der Waals surface area (Å²) >= 11 is 0. The summed E-state index contributed by atoms with van der Waals surface area (Å²) in [6.45, 7) is 7.78. The number of amides is 1. The van der Waals surface area contributed by atoms with E-state index in [0.717, 1.165) is 16.7 Å². The molecule has 18 heavy (non-hydrogen) atoms. The number of rotatable bonds is 4. The maximum Gasteiger partial charge on any atom is 0.226 e. The van der Waals surface area contributed by atoms with Crippen LogP contribution in [-0.4, -0.2) is 35.1 Å². The van der Waals surface area contributed by atoms with Crippen LogP contribution in [0.3, 0.4) is 0 Å². The minimum atomic E-state index is -0.855. The molecule has 3 heteroatoms. The molecule has 3 nitrogen and oxygen atoms in total. The number of nitrogens with zero attached hydrogens (tertiary/aromatic N) is 1. The zero-order valence-corrected chi connectivity index (χ0v) is 11.9. The van der Waals surface area contributed by atoms with E-state index in [-0.39, 0.29) is 5.91 Å². The average Bonchev–Trinajstić information content (AvgIpc) is 2.21. The molecule has 0 aliphatic rings. The zero-order chi connectivity index (χ0) is 13.9. The van der Waals surface area contributed by atoms with E-state index >= 15 is 0 Å². The van der Waals surface area contributed by atoms with Gasteiger partial charge in [0.05, 0.1) is 12.0 Å². The highest BCUT2D eigenvalue weighted by Gasteiger charge is 2.19. The van der Waals surface area contributed by atoms with E-state index in [4.69, 9.17) is 0 Å². The van der Waals surface area contributed by atoms with Gasteiger partial charge >= 0.3 is 0 Å². The number of likely N-dealkylation sites (N-methyl/N-ethyl adjacent to an activating group) is 1. The molecule has 0 heterocycles. The molecule has 0 saturated heterocycles. The first kappa shape index (κ1) is 14.7. The lowest BCUT2D eigenvalue weighted by Gasteiger charge is -2.25. The number of aliphatic hydroxyl groups is 1. The van der Waals surface area contributed by atoms with Crippen LogP contribution in [0, 0.1) is 13.8 Å². The zero-order valence-electron chi connectivity index (χ0n) is 11.9. The van der Waals surface area contributed by atoms with E-state index in [1.54, 1.807) is 25.8 Å². The van der Waals surface area contributed by atoms with Gasteiger partial charge in [-0.15, -0.1) is 0 Å². The second-order valence-electron chi connectivity index (χ2n) is 5.67. The van der Waals surface area contributed by atoms with Gasteiger partial charge in [-0.1, -0.05) is 23.8 Å². The van der Waals surface area contributed by atoms with Crippen molar-refractivity contribution in [3.05, 3.63) is 34.9 Å². The van der Waals surface area contributed by atoms with Gasteiger partial charge < -0.3 is 10.0 Å². The van der Waals surface area contributed by atoms with Crippen molar-refractivity contribution in [2.45, 2.75) is 39.7 Å². The molecule has 0 aromatic heterocycles. The summed E-state index contributed by atoms with van der Waals surface area (Å²) in [6.07, 6.45) is 0.389. The maximum absolute atomic E-state index is 12.1. The molecule has 1 aromatic rings. The molecule has 0 spiro atoms. The molecule has 0 radical (unpaired) electrons. The summed E-state index contributed by atoms with van der Waals surface area (Å²) < 4.78 is 0. The third-order valence-electron chi connectivity index (χ3n) is 2.90. The van der Waals surface area contributed by atoms with Crippen LogP contribution in [-0.2, 0) is 11.2 Å². The van der Waals surface area contributed by atoms with Crippen molar-refractivity contribution >= 4 is 5.91 Å². The Morgan fingerprint density at radius 3 is 2.50 bits per heavy atom. The van der Waals surface area contributed by atoms with Gasteiger partial charge in [-0.3, -0.25) is 4.79 Å². The van der Waals surface area contributed by atoms with E-state index in [0.29, 0.717) is 13.0 Å². The van der Waals surface area contributed by atoms with Crippen molar-refractivity contribution < 1.29 is 9.90 Å². The average molecular weight is 249 g/mol. The molecule has 0 bridgehead atoms. The monoisotopic (exact) mass is 249 g/mol. The second kappa shape index (κ2) is 5.53. The van der Waals surface area contributed by atoms with Crippen molar-refractivity contribution in [2.75, 3.05) is 13.6 Å². The van der Waals surface area contributed by atoms with Crippen LogP contribution in [0.1, 0.15) is 30.5 Å². The topological polar surface area (TPSA) is 40.5 Å². The fourth-order valence-corrected chi connectivity index (χ4v) is 1.96. The Hall–Kier alpha value is -1.35. The Morgan fingerprint density at radius 1 is 1.33 bits per heavy atom. The van der Waals surface area contributed by atoms with E-state index in [1.165, 1.54) is 0 Å². The highest BCUT2D eigenvalue weighted by molar-refractivity contribution is 5.79. The van der Waals surface area contributed by atoms with E-state index in [9.17, 15) is 9.90 Å². The summed E-state index contributed by atoms with van der Waals surface area (Å²) in [6, 6.07) is 6.13. The molecule has 0 atom stereocenters. The first-order valence-electron chi connectivity index (χ1n) is 6.21. The van der Waals surface area contributed by atoms with Gasteiger partial charge in [0.2, 0.25) is 5.91 Å². The first-order chi connectivity index (χ1) is 8.19. The third-order valence-corrected chi connectivity index (χ3v) is 2.90. The standard InChI is InChI=1S/C15H23NO2/c1-11-6-7-12(2)13(8-11)9-14(17)16(5)10-15(3,4)18/h6-8,18H,9-10H2,1-5H3. The summed E-state index contributed by atoms with van der Waals surface area (Å²) in [5.74, 6) is 0.0332. The number of hydrogen-bond acceptors (Lipinski definition) is 2. The molecular formula is C15H23NO2. The van der Waals surface area contributed by atoms with Crippen LogP contribution in [0.4, 0.5) is 0 Å². The van der Waals surface area contributed by atoms with Gasteiger partial charge in [0.1, 0.15) is 0 Å². The van der Waals surface area contributed by atoms with Crippen LogP contribution in [0.2, 0.25) is 0 Å². The van der Waals surface area contributed by atoms with Crippen LogP contribution >= 0.6 is 0 Å². The summed E-state index contributed by atoms with van der Waals surface area (Å²) in [7, 11) is 1.73. The van der Waals surface area contributed by atoms with Crippen LogP contribution in [0.5, 0.6) is 0 Å². The van der Waals surface area contributed by atoms with Crippen molar-refractivity contribution in [1.82, 2.24) is 4.90 Å². The highest BCUT2D eigenvalue weighted by atomic mass is 16.3. The van der Waals surface area contributed by atoms with Crippen molar-refractivity contribution in [3.63, 3.8) is 0 Å². The lowest BCUT2D eigenvalue weighted by molar-refractivity contribution is -0.131. The van der Waals surface area contributed by atoms with E-state index in [2.05, 4.69) is 0 Å². The van der Waals surface area contributed by atoms with Gasteiger partial charge in [-0.05, 0) is 38.8 Å². The van der Waals surface area contributed by atoms with Crippen molar-refractivity contribution in [2.24, 2.45) is 0 Å². The Balaban J connectivity index is 2.72. The number of benzene rings is 1. The molecule has 0 aliphatic carbocycles. The van der Waals surface area contributed by atoms with Crippen molar-refractivity contribution in [1.29, 1.82) is 0 Å². The smallest absolute Gasteiger partial charge is 0.226 e. The summed E-state index contributed by atoms with van der Waals surface area (Å²) in [5.41, 5.74) is 2.49. The predicted molar refractivity (Wildman–Crippen MR) is 73.6 cm³/mol. The minimum Gasteiger partial charge on any atom is -0.389 e.